The molecule has 8 nitrogen and oxygen atoms in total. The van der Waals surface area contributed by atoms with Crippen LogP contribution in [0.5, 0.6) is 0 Å². The van der Waals surface area contributed by atoms with Crippen molar-refractivity contribution in [3.63, 3.8) is 0 Å². The molecule has 0 aliphatic carbocycles. The quantitative estimate of drug-likeness (QED) is 0.464. The standard InChI is InChI=1S/C17H23N5O3/c1-2-3-11-22(17(24)20-16-18-9-4-10-19-16)12-13-5-7-14(8-6-13)15(23)21-25/h4-9,25H,2-3,10-12H2,1H3,(H,21,23)(H2,18,19,20,24). The van der Waals surface area contributed by atoms with Gasteiger partial charge < -0.3 is 10.2 Å². The summed E-state index contributed by atoms with van der Waals surface area (Å²) in [5.74, 6) is -0.134. The summed E-state index contributed by atoms with van der Waals surface area (Å²) in [6.07, 6.45) is 5.46. The number of aliphatic imine (C=N–C) groups is 1. The van der Waals surface area contributed by atoms with E-state index >= 15 is 0 Å². The summed E-state index contributed by atoms with van der Waals surface area (Å²) in [6, 6.07) is 6.50. The van der Waals surface area contributed by atoms with Crippen LogP contribution in [0.15, 0.2) is 41.5 Å². The summed E-state index contributed by atoms with van der Waals surface area (Å²) in [4.78, 5) is 29.7. The van der Waals surface area contributed by atoms with Gasteiger partial charge in [-0.3, -0.25) is 15.3 Å². The van der Waals surface area contributed by atoms with Crippen molar-refractivity contribution in [3.8, 4) is 0 Å². The number of carbonyl (C=O) groups excluding carboxylic acids is 2. The van der Waals surface area contributed by atoms with Crippen molar-refractivity contribution in [2.24, 2.45) is 4.99 Å². The number of amides is 3. The molecule has 1 aromatic carbocycles. The third kappa shape index (κ3) is 5.61. The summed E-state index contributed by atoms with van der Waals surface area (Å²) >= 11 is 0. The fourth-order valence-corrected chi connectivity index (χ4v) is 2.28. The Hall–Kier alpha value is -2.87. The van der Waals surface area contributed by atoms with Gasteiger partial charge in [-0.1, -0.05) is 25.5 Å². The molecule has 0 atom stereocenters. The van der Waals surface area contributed by atoms with E-state index in [4.69, 9.17) is 5.21 Å². The zero-order chi connectivity index (χ0) is 18.1. The van der Waals surface area contributed by atoms with Crippen molar-refractivity contribution in [1.29, 1.82) is 0 Å². The lowest BCUT2D eigenvalue weighted by Gasteiger charge is -2.24. The minimum Gasteiger partial charge on any atom is -0.333 e. The van der Waals surface area contributed by atoms with Gasteiger partial charge in [0.15, 0.2) is 0 Å². The molecule has 0 radical (unpaired) electrons. The first kappa shape index (κ1) is 18.5. The average Bonchev–Trinajstić information content (AvgIpc) is 2.65. The second-order valence-electron chi connectivity index (χ2n) is 5.58. The Labute approximate surface area is 146 Å². The molecule has 0 spiro atoms. The van der Waals surface area contributed by atoms with Gasteiger partial charge in [0.25, 0.3) is 5.91 Å². The second kappa shape index (κ2) is 9.43. The van der Waals surface area contributed by atoms with Crippen molar-refractivity contribution in [2.45, 2.75) is 26.3 Å². The van der Waals surface area contributed by atoms with E-state index in [9.17, 15) is 9.59 Å². The Morgan fingerprint density at radius 3 is 2.68 bits per heavy atom. The number of rotatable bonds is 6. The molecule has 1 aliphatic heterocycles. The first-order valence-corrected chi connectivity index (χ1v) is 8.19. The van der Waals surface area contributed by atoms with E-state index in [1.165, 1.54) is 0 Å². The molecule has 8 heteroatoms. The van der Waals surface area contributed by atoms with Gasteiger partial charge in [0.2, 0.25) is 5.96 Å². The first-order chi connectivity index (χ1) is 12.1. The van der Waals surface area contributed by atoms with Crippen molar-refractivity contribution >= 4 is 17.9 Å². The van der Waals surface area contributed by atoms with E-state index in [0.717, 1.165) is 18.4 Å². The van der Waals surface area contributed by atoms with Crippen LogP contribution in [0.3, 0.4) is 0 Å². The Bertz CT molecular complexity index is 655. The van der Waals surface area contributed by atoms with E-state index in [1.807, 2.05) is 6.08 Å². The first-order valence-electron chi connectivity index (χ1n) is 8.19. The number of benzene rings is 1. The van der Waals surface area contributed by atoms with Gasteiger partial charge in [0.1, 0.15) is 0 Å². The summed E-state index contributed by atoms with van der Waals surface area (Å²) in [6.45, 7) is 3.63. The van der Waals surface area contributed by atoms with Crippen LogP contribution in [0.1, 0.15) is 35.7 Å². The van der Waals surface area contributed by atoms with E-state index in [1.54, 1.807) is 40.8 Å². The van der Waals surface area contributed by atoms with Gasteiger partial charge in [-0.15, -0.1) is 0 Å². The number of hydrogen-bond donors (Lipinski definition) is 4. The minimum absolute atomic E-state index is 0.229. The number of nitrogens with zero attached hydrogens (tertiary/aromatic N) is 2. The van der Waals surface area contributed by atoms with Gasteiger partial charge in [-0.05, 0) is 30.2 Å². The Morgan fingerprint density at radius 2 is 2.08 bits per heavy atom. The molecule has 0 unspecified atom stereocenters. The predicted molar refractivity (Wildman–Crippen MR) is 94.1 cm³/mol. The van der Waals surface area contributed by atoms with Gasteiger partial charge in [0.05, 0.1) is 6.54 Å². The maximum Gasteiger partial charge on any atom is 0.324 e. The molecular formula is C17H23N5O3. The fraction of sp³-hybridized carbons (Fsp3) is 0.353. The molecule has 25 heavy (non-hydrogen) atoms. The highest BCUT2D eigenvalue weighted by Crippen LogP contribution is 2.09. The van der Waals surface area contributed by atoms with Crippen LogP contribution in [0.4, 0.5) is 4.79 Å². The zero-order valence-corrected chi connectivity index (χ0v) is 14.2. The van der Waals surface area contributed by atoms with Crippen molar-refractivity contribution in [3.05, 3.63) is 47.7 Å². The monoisotopic (exact) mass is 345 g/mol. The number of urea groups is 1. The lowest BCUT2D eigenvalue weighted by Crippen LogP contribution is -2.47. The Kier molecular flexibility index (Phi) is 6.97. The van der Waals surface area contributed by atoms with Crippen molar-refractivity contribution < 1.29 is 14.8 Å². The molecule has 3 amide bonds. The molecule has 1 aromatic rings. The predicted octanol–water partition coefficient (Wildman–Crippen LogP) is 1.59. The number of hydroxylamine groups is 1. The summed E-state index contributed by atoms with van der Waals surface area (Å²) in [5.41, 5.74) is 2.83. The average molecular weight is 345 g/mol. The SMILES string of the molecule is CCCCN(Cc1ccc(C(=O)NO)cc1)C(=O)NC1=NCC=CN1. The van der Waals surface area contributed by atoms with E-state index in [2.05, 4.69) is 22.5 Å². The third-order valence-corrected chi connectivity index (χ3v) is 3.68. The molecule has 0 bridgehead atoms. The molecular weight excluding hydrogens is 322 g/mol. The number of unbranched alkanes of at least 4 members (excludes halogenated alkanes) is 1. The van der Waals surface area contributed by atoms with E-state index in [-0.39, 0.29) is 6.03 Å². The van der Waals surface area contributed by atoms with Gasteiger partial charge in [0, 0.05) is 24.9 Å². The van der Waals surface area contributed by atoms with Crippen LogP contribution in [0, 0.1) is 0 Å². The molecule has 0 fully saturated rings. The summed E-state index contributed by atoms with van der Waals surface area (Å²) in [7, 11) is 0. The number of guanidine groups is 1. The number of nitrogens with one attached hydrogen (secondary N) is 3. The third-order valence-electron chi connectivity index (χ3n) is 3.68. The molecule has 1 heterocycles. The topological polar surface area (TPSA) is 106 Å². The van der Waals surface area contributed by atoms with Crippen molar-refractivity contribution in [1.82, 2.24) is 21.0 Å². The zero-order valence-electron chi connectivity index (χ0n) is 14.2. The molecule has 4 N–H and O–H groups in total. The van der Waals surface area contributed by atoms with Crippen LogP contribution in [-0.2, 0) is 6.54 Å². The number of carbonyl (C=O) groups is 2. The maximum absolute atomic E-state index is 12.5. The highest BCUT2D eigenvalue weighted by Gasteiger charge is 2.16. The number of hydrogen-bond acceptors (Lipinski definition) is 5. The largest absolute Gasteiger partial charge is 0.333 e. The smallest absolute Gasteiger partial charge is 0.324 e. The van der Waals surface area contributed by atoms with Gasteiger partial charge in [-0.25, -0.2) is 15.3 Å². The maximum atomic E-state index is 12.5. The molecule has 0 saturated heterocycles. The Morgan fingerprint density at radius 1 is 1.32 bits per heavy atom. The highest BCUT2D eigenvalue weighted by atomic mass is 16.5. The fourth-order valence-electron chi connectivity index (χ4n) is 2.28. The van der Waals surface area contributed by atoms with Crippen LogP contribution < -0.4 is 16.1 Å². The molecule has 2 rings (SSSR count). The molecule has 0 aromatic heterocycles. The van der Waals surface area contributed by atoms with E-state index in [0.29, 0.717) is 31.2 Å². The van der Waals surface area contributed by atoms with Crippen LogP contribution in [0.25, 0.3) is 0 Å². The molecule has 134 valence electrons. The van der Waals surface area contributed by atoms with E-state index < -0.39 is 5.91 Å². The molecule has 1 aliphatic rings. The van der Waals surface area contributed by atoms with Crippen LogP contribution in [-0.4, -0.2) is 41.1 Å². The lowest BCUT2D eigenvalue weighted by atomic mass is 10.1. The summed E-state index contributed by atoms with van der Waals surface area (Å²) in [5, 5.41) is 14.3. The second-order valence-corrected chi connectivity index (χ2v) is 5.58. The van der Waals surface area contributed by atoms with Crippen LogP contribution in [0.2, 0.25) is 0 Å². The Balaban J connectivity index is 2.02. The van der Waals surface area contributed by atoms with Crippen molar-refractivity contribution in [2.75, 3.05) is 13.1 Å². The van der Waals surface area contributed by atoms with Gasteiger partial charge in [-0.2, -0.15) is 0 Å². The summed E-state index contributed by atoms with van der Waals surface area (Å²) < 4.78 is 0. The highest BCUT2D eigenvalue weighted by molar-refractivity contribution is 5.97. The molecule has 0 saturated carbocycles. The van der Waals surface area contributed by atoms with Crippen LogP contribution >= 0.6 is 0 Å². The minimum atomic E-state index is -0.568. The normalized spacial score (nSPS) is 12.8. The van der Waals surface area contributed by atoms with Gasteiger partial charge >= 0.3 is 6.03 Å². The lowest BCUT2D eigenvalue weighted by molar-refractivity contribution is 0.0706.